The summed E-state index contributed by atoms with van der Waals surface area (Å²) >= 11 is 0. The molecule has 3 rings (SSSR count). The fraction of sp³-hybridized carbons (Fsp3) is 0.105. The van der Waals surface area contributed by atoms with Gasteiger partial charge in [0.05, 0.1) is 12.0 Å². The Hall–Kier alpha value is -3.65. The minimum absolute atomic E-state index is 0.139. The molecular weight excluding hydrogens is 346 g/mol. The Morgan fingerprint density at radius 2 is 1.89 bits per heavy atom. The lowest BCUT2D eigenvalue weighted by Gasteiger charge is -2.16. The number of nitrogens with one attached hydrogen (secondary N) is 3. The van der Waals surface area contributed by atoms with Gasteiger partial charge in [-0.25, -0.2) is 10.5 Å². The van der Waals surface area contributed by atoms with Crippen molar-refractivity contribution in [2.45, 2.75) is 12.5 Å². The van der Waals surface area contributed by atoms with Gasteiger partial charge in [0.15, 0.2) is 0 Å². The van der Waals surface area contributed by atoms with Crippen LogP contribution in [0.4, 0.5) is 5.69 Å². The number of nitrogens with two attached hydrogens (primary N) is 1. The SMILES string of the molecule is Nc1ccccc1-c1ccc(C(=O)N[C@@H](Cc2c[nH]cn2)C(=O)NO)cc1. The average Bonchev–Trinajstić information content (AvgIpc) is 3.20. The number of carbonyl (C=O) groups excluding carboxylic acids is 2. The Labute approximate surface area is 155 Å². The van der Waals surface area contributed by atoms with Gasteiger partial charge in [-0.3, -0.25) is 14.8 Å². The van der Waals surface area contributed by atoms with Crippen molar-refractivity contribution >= 4 is 17.5 Å². The Morgan fingerprint density at radius 3 is 2.52 bits per heavy atom. The van der Waals surface area contributed by atoms with Gasteiger partial charge >= 0.3 is 0 Å². The summed E-state index contributed by atoms with van der Waals surface area (Å²) in [6.45, 7) is 0. The van der Waals surface area contributed by atoms with Crippen molar-refractivity contribution in [3.63, 3.8) is 0 Å². The molecule has 0 radical (unpaired) electrons. The van der Waals surface area contributed by atoms with E-state index in [9.17, 15) is 9.59 Å². The molecule has 0 bridgehead atoms. The Balaban J connectivity index is 1.74. The molecule has 0 saturated carbocycles. The number of anilines is 1. The number of nitrogens with zero attached hydrogens (tertiary/aromatic N) is 1. The fourth-order valence-corrected chi connectivity index (χ4v) is 2.70. The molecule has 1 heterocycles. The molecule has 0 aliphatic rings. The average molecular weight is 365 g/mol. The van der Waals surface area contributed by atoms with Crippen molar-refractivity contribution in [2.75, 3.05) is 5.73 Å². The van der Waals surface area contributed by atoms with Crippen molar-refractivity contribution in [3.05, 3.63) is 72.3 Å². The highest BCUT2D eigenvalue weighted by molar-refractivity contribution is 5.98. The van der Waals surface area contributed by atoms with Crippen LogP contribution in [0.3, 0.4) is 0 Å². The van der Waals surface area contributed by atoms with Crippen molar-refractivity contribution in [1.82, 2.24) is 20.8 Å². The molecule has 8 nitrogen and oxygen atoms in total. The van der Waals surface area contributed by atoms with Gasteiger partial charge in [0.2, 0.25) is 0 Å². The topological polar surface area (TPSA) is 133 Å². The van der Waals surface area contributed by atoms with Crippen molar-refractivity contribution in [3.8, 4) is 11.1 Å². The Bertz CT molecular complexity index is 923. The molecule has 1 aromatic heterocycles. The number of imidazole rings is 1. The number of hydrogen-bond acceptors (Lipinski definition) is 5. The molecule has 2 aromatic carbocycles. The van der Waals surface area contributed by atoms with Crippen LogP contribution in [0.15, 0.2) is 61.1 Å². The van der Waals surface area contributed by atoms with E-state index in [-0.39, 0.29) is 6.42 Å². The van der Waals surface area contributed by atoms with Crippen molar-refractivity contribution in [2.24, 2.45) is 0 Å². The molecule has 0 aliphatic heterocycles. The van der Waals surface area contributed by atoms with Crippen LogP contribution in [0, 0.1) is 0 Å². The van der Waals surface area contributed by atoms with Gasteiger partial charge in [-0.05, 0) is 23.8 Å². The van der Waals surface area contributed by atoms with E-state index < -0.39 is 17.9 Å². The standard InChI is InChI=1S/C19H19N5O3/c20-16-4-2-1-3-15(16)12-5-7-13(8-6-12)18(25)23-17(19(26)24-27)9-14-10-21-11-22-14/h1-8,10-11,17,27H,9,20H2,(H,21,22)(H,23,25)(H,24,26)/t17-/m0/s1. The largest absolute Gasteiger partial charge is 0.398 e. The van der Waals surface area contributed by atoms with E-state index in [0.29, 0.717) is 16.9 Å². The molecule has 0 saturated heterocycles. The van der Waals surface area contributed by atoms with Gasteiger partial charge in [-0.15, -0.1) is 0 Å². The molecule has 0 fully saturated rings. The van der Waals surface area contributed by atoms with E-state index in [1.54, 1.807) is 35.9 Å². The van der Waals surface area contributed by atoms with E-state index in [0.717, 1.165) is 11.1 Å². The van der Waals surface area contributed by atoms with E-state index >= 15 is 0 Å². The number of rotatable bonds is 6. The quantitative estimate of drug-likeness (QED) is 0.256. The zero-order valence-corrected chi connectivity index (χ0v) is 14.3. The molecule has 0 aliphatic carbocycles. The first-order chi connectivity index (χ1) is 13.1. The predicted octanol–water partition coefficient (Wildman–Crippen LogP) is 1.51. The highest BCUT2D eigenvalue weighted by Gasteiger charge is 2.22. The summed E-state index contributed by atoms with van der Waals surface area (Å²) in [6.07, 6.45) is 3.22. The van der Waals surface area contributed by atoms with Crippen LogP contribution in [0.25, 0.3) is 11.1 Å². The second kappa shape index (κ2) is 8.15. The predicted molar refractivity (Wildman–Crippen MR) is 99.8 cm³/mol. The van der Waals surface area contributed by atoms with Crippen LogP contribution in [0.2, 0.25) is 0 Å². The molecule has 138 valence electrons. The molecular formula is C19H19N5O3. The first-order valence-electron chi connectivity index (χ1n) is 8.26. The summed E-state index contributed by atoms with van der Waals surface area (Å²) in [7, 11) is 0. The first kappa shape index (κ1) is 18.2. The van der Waals surface area contributed by atoms with Gasteiger partial charge in [-0.1, -0.05) is 30.3 Å². The molecule has 8 heteroatoms. The van der Waals surface area contributed by atoms with E-state index in [4.69, 9.17) is 10.9 Å². The van der Waals surface area contributed by atoms with Crippen LogP contribution in [-0.2, 0) is 11.2 Å². The van der Waals surface area contributed by atoms with Crippen LogP contribution in [-0.4, -0.2) is 33.0 Å². The fourth-order valence-electron chi connectivity index (χ4n) is 2.70. The van der Waals surface area contributed by atoms with Crippen LogP contribution in [0.5, 0.6) is 0 Å². The number of nitrogen functional groups attached to an aromatic ring is 1. The number of carbonyl (C=O) groups is 2. The molecule has 0 unspecified atom stereocenters. The smallest absolute Gasteiger partial charge is 0.266 e. The zero-order chi connectivity index (χ0) is 19.2. The number of para-hydroxylation sites is 1. The maximum atomic E-state index is 12.5. The highest BCUT2D eigenvalue weighted by atomic mass is 16.5. The lowest BCUT2D eigenvalue weighted by atomic mass is 10.0. The summed E-state index contributed by atoms with van der Waals surface area (Å²) in [4.78, 5) is 31.1. The zero-order valence-electron chi connectivity index (χ0n) is 14.3. The number of hydroxylamine groups is 1. The Morgan fingerprint density at radius 1 is 1.15 bits per heavy atom. The molecule has 27 heavy (non-hydrogen) atoms. The second-order valence-corrected chi connectivity index (χ2v) is 5.93. The van der Waals surface area contributed by atoms with E-state index in [1.807, 2.05) is 24.3 Å². The minimum atomic E-state index is -0.963. The summed E-state index contributed by atoms with van der Waals surface area (Å²) in [6, 6.07) is 13.4. The normalized spacial score (nSPS) is 11.6. The molecule has 0 spiro atoms. The van der Waals surface area contributed by atoms with Crippen LogP contribution < -0.4 is 16.5 Å². The number of benzene rings is 2. The molecule has 3 aromatic rings. The van der Waals surface area contributed by atoms with Gasteiger partial charge in [0, 0.05) is 29.4 Å². The summed E-state index contributed by atoms with van der Waals surface area (Å²) in [5.74, 6) is -1.16. The van der Waals surface area contributed by atoms with Gasteiger partial charge in [0.1, 0.15) is 6.04 Å². The lowest BCUT2D eigenvalue weighted by molar-refractivity contribution is -0.131. The van der Waals surface area contributed by atoms with Crippen molar-refractivity contribution < 1.29 is 14.8 Å². The molecule has 2 amide bonds. The highest BCUT2D eigenvalue weighted by Crippen LogP contribution is 2.25. The van der Waals surface area contributed by atoms with Gasteiger partial charge in [-0.2, -0.15) is 0 Å². The third-order valence-corrected chi connectivity index (χ3v) is 4.12. The minimum Gasteiger partial charge on any atom is -0.398 e. The van der Waals surface area contributed by atoms with Crippen molar-refractivity contribution in [1.29, 1.82) is 0 Å². The van der Waals surface area contributed by atoms with Gasteiger partial charge < -0.3 is 16.0 Å². The summed E-state index contributed by atoms with van der Waals surface area (Å²) in [5, 5.41) is 11.5. The monoisotopic (exact) mass is 365 g/mol. The number of H-pyrrole nitrogens is 1. The lowest BCUT2D eigenvalue weighted by Crippen LogP contribution is -2.47. The number of aromatic amines is 1. The summed E-state index contributed by atoms with van der Waals surface area (Å²) in [5.41, 5.74) is 10.9. The summed E-state index contributed by atoms with van der Waals surface area (Å²) < 4.78 is 0. The van der Waals surface area contributed by atoms with E-state index in [2.05, 4.69) is 15.3 Å². The number of amides is 2. The Kier molecular flexibility index (Phi) is 5.48. The second-order valence-electron chi connectivity index (χ2n) is 5.93. The maximum absolute atomic E-state index is 12.5. The third-order valence-electron chi connectivity index (χ3n) is 4.12. The molecule has 1 atom stereocenters. The van der Waals surface area contributed by atoms with Gasteiger partial charge in [0.25, 0.3) is 11.8 Å². The number of hydrogen-bond donors (Lipinski definition) is 5. The number of aromatic nitrogens is 2. The van der Waals surface area contributed by atoms with Crippen LogP contribution in [0.1, 0.15) is 16.1 Å². The third kappa shape index (κ3) is 4.31. The van der Waals surface area contributed by atoms with Crippen LogP contribution >= 0.6 is 0 Å². The molecule has 6 N–H and O–H groups in total. The first-order valence-corrected chi connectivity index (χ1v) is 8.26. The van der Waals surface area contributed by atoms with E-state index in [1.165, 1.54) is 6.33 Å². The maximum Gasteiger partial charge on any atom is 0.266 e.